The normalized spacial score (nSPS) is 26.6. The Bertz CT molecular complexity index is 423. The van der Waals surface area contributed by atoms with Crippen LogP contribution in [0.2, 0.25) is 0 Å². The molecule has 6 nitrogen and oxygen atoms in total. The number of fused-ring (bicyclic) bond motifs is 1. The standard InChI is InChI=1S/C14H24N4O2/c1-19-8-7-17-6-4-15-14(17)16-9-13-10-18-5-2-3-12(18)11-20-13/h4,6,12-13H,2-3,5,7-11H2,1H3,(H,15,16). The molecule has 0 amide bonds. The predicted molar refractivity (Wildman–Crippen MR) is 76.9 cm³/mol. The molecule has 2 aliphatic heterocycles. The molecule has 2 unspecified atom stereocenters. The van der Waals surface area contributed by atoms with E-state index in [0.29, 0.717) is 12.6 Å². The molecular weight excluding hydrogens is 256 g/mol. The first kappa shape index (κ1) is 13.9. The smallest absolute Gasteiger partial charge is 0.202 e. The van der Waals surface area contributed by atoms with Crippen molar-refractivity contribution in [3.63, 3.8) is 0 Å². The van der Waals surface area contributed by atoms with Crippen molar-refractivity contribution in [2.45, 2.75) is 31.5 Å². The Morgan fingerprint density at radius 3 is 3.40 bits per heavy atom. The highest BCUT2D eigenvalue weighted by atomic mass is 16.5. The summed E-state index contributed by atoms with van der Waals surface area (Å²) in [7, 11) is 1.71. The Balaban J connectivity index is 1.48. The van der Waals surface area contributed by atoms with E-state index in [2.05, 4.69) is 19.8 Å². The summed E-state index contributed by atoms with van der Waals surface area (Å²) in [5, 5.41) is 3.40. The molecule has 0 aliphatic carbocycles. The number of anilines is 1. The lowest BCUT2D eigenvalue weighted by atomic mass is 10.2. The maximum atomic E-state index is 5.95. The van der Waals surface area contributed by atoms with Crippen LogP contribution in [0.4, 0.5) is 5.95 Å². The van der Waals surface area contributed by atoms with Crippen molar-refractivity contribution in [2.75, 3.05) is 45.3 Å². The Morgan fingerprint density at radius 2 is 2.50 bits per heavy atom. The molecule has 2 aliphatic rings. The zero-order chi connectivity index (χ0) is 13.8. The number of morpholine rings is 1. The summed E-state index contributed by atoms with van der Waals surface area (Å²) in [6, 6.07) is 0.662. The molecule has 3 rings (SSSR count). The largest absolute Gasteiger partial charge is 0.383 e. The van der Waals surface area contributed by atoms with Gasteiger partial charge in [-0.1, -0.05) is 0 Å². The molecule has 112 valence electrons. The van der Waals surface area contributed by atoms with Crippen LogP contribution in [0.25, 0.3) is 0 Å². The number of methoxy groups -OCH3 is 1. The first-order valence-corrected chi connectivity index (χ1v) is 7.46. The topological polar surface area (TPSA) is 51.5 Å². The first-order chi connectivity index (χ1) is 9.86. The molecule has 0 aromatic carbocycles. The SMILES string of the molecule is COCCn1ccnc1NCC1CN2CCCC2CO1. The van der Waals surface area contributed by atoms with Crippen LogP contribution in [0, 0.1) is 0 Å². The van der Waals surface area contributed by atoms with Crippen molar-refractivity contribution in [3.8, 4) is 0 Å². The number of rotatable bonds is 6. The van der Waals surface area contributed by atoms with E-state index < -0.39 is 0 Å². The fourth-order valence-corrected chi connectivity index (χ4v) is 3.06. The molecule has 0 spiro atoms. The van der Waals surface area contributed by atoms with E-state index >= 15 is 0 Å². The van der Waals surface area contributed by atoms with Gasteiger partial charge in [-0.3, -0.25) is 4.90 Å². The summed E-state index contributed by atoms with van der Waals surface area (Å²) < 4.78 is 13.1. The molecule has 1 N–H and O–H groups in total. The van der Waals surface area contributed by atoms with Crippen molar-refractivity contribution < 1.29 is 9.47 Å². The molecule has 2 atom stereocenters. The Morgan fingerprint density at radius 1 is 1.55 bits per heavy atom. The van der Waals surface area contributed by atoms with E-state index in [1.165, 1.54) is 19.4 Å². The summed E-state index contributed by atoms with van der Waals surface area (Å²) in [5.41, 5.74) is 0. The Kier molecular flexibility index (Phi) is 4.54. The van der Waals surface area contributed by atoms with Crippen molar-refractivity contribution in [1.29, 1.82) is 0 Å². The number of nitrogens with zero attached hydrogens (tertiary/aromatic N) is 3. The van der Waals surface area contributed by atoms with Gasteiger partial charge in [0.1, 0.15) is 0 Å². The van der Waals surface area contributed by atoms with Crippen molar-refractivity contribution in [1.82, 2.24) is 14.5 Å². The minimum atomic E-state index is 0.261. The minimum absolute atomic E-state index is 0.261. The van der Waals surface area contributed by atoms with Gasteiger partial charge < -0.3 is 19.4 Å². The maximum absolute atomic E-state index is 5.95. The Hall–Kier alpha value is -1.11. The lowest BCUT2D eigenvalue weighted by Crippen LogP contribution is -2.48. The van der Waals surface area contributed by atoms with Gasteiger partial charge in [-0.05, 0) is 19.4 Å². The number of imidazole rings is 1. The van der Waals surface area contributed by atoms with Crippen LogP contribution in [-0.2, 0) is 16.0 Å². The molecule has 0 radical (unpaired) electrons. The number of aromatic nitrogens is 2. The monoisotopic (exact) mass is 280 g/mol. The van der Waals surface area contributed by atoms with Gasteiger partial charge in [0.05, 0.1) is 19.3 Å². The number of nitrogens with one attached hydrogen (secondary N) is 1. The molecule has 6 heteroatoms. The molecule has 1 aromatic rings. The van der Waals surface area contributed by atoms with Crippen molar-refractivity contribution in [3.05, 3.63) is 12.4 Å². The zero-order valence-corrected chi connectivity index (χ0v) is 12.1. The van der Waals surface area contributed by atoms with Gasteiger partial charge in [0.2, 0.25) is 5.95 Å². The van der Waals surface area contributed by atoms with E-state index in [4.69, 9.17) is 9.47 Å². The quantitative estimate of drug-likeness (QED) is 0.835. The first-order valence-electron chi connectivity index (χ1n) is 7.46. The fourth-order valence-electron chi connectivity index (χ4n) is 3.06. The second-order valence-corrected chi connectivity index (χ2v) is 5.56. The van der Waals surface area contributed by atoms with Gasteiger partial charge in [0.15, 0.2) is 0 Å². The summed E-state index contributed by atoms with van der Waals surface area (Å²) in [4.78, 5) is 6.91. The number of hydrogen-bond acceptors (Lipinski definition) is 5. The fraction of sp³-hybridized carbons (Fsp3) is 0.786. The molecule has 0 saturated carbocycles. The van der Waals surface area contributed by atoms with Crippen LogP contribution >= 0.6 is 0 Å². The lowest BCUT2D eigenvalue weighted by Gasteiger charge is -2.35. The molecule has 20 heavy (non-hydrogen) atoms. The van der Waals surface area contributed by atoms with Gasteiger partial charge in [0.25, 0.3) is 0 Å². The van der Waals surface area contributed by atoms with Gasteiger partial charge >= 0.3 is 0 Å². The highest BCUT2D eigenvalue weighted by molar-refractivity contribution is 5.26. The van der Waals surface area contributed by atoms with E-state index in [1.54, 1.807) is 7.11 Å². The van der Waals surface area contributed by atoms with Gasteiger partial charge in [-0.2, -0.15) is 0 Å². The molecule has 1 aromatic heterocycles. The zero-order valence-electron chi connectivity index (χ0n) is 12.1. The van der Waals surface area contributed by atoms with Crippen LogP contribution in [0.3, 0.4) is 0 Å². The molecule has 2 saturated heterocycles. The Labute approximate surface area is 120 Å². The van der Waals surface area contributed by atoms with E-state index in [1.807, 2.05) is 12.4 Å². The summed E-state index contributed by atoms with van der Waals surface area (Å²) in [6.07, 6.45) is 6.66. The minimum Gasteiger partial charge on any atom is -0.383 e. The second-order valence-electron chi connectivity index (χ2n) is 5.56. The summed E-state index contributed by atoms with van der Waals surface area (Å²) in [6.45, 7) is 5.47. The van der Waals surface area contributed by atoms with Crippen LogP contribution < -0.4 is 5.32 Å². The van der Waals surface area contributed by atoms with Crippen LogP contribution in [0.1, 0.15) is 12.8 Å². The van der Waals surface area contributed by atoms with Gasteiger partial charge in [0, 0.05) is 45.2 Å². The van der Waals surface area contributed by atoms with E-state index in [-0.39, 0.29) is 6.10 Å². The van der Waals surface area contributed by atoms with Gasteiger partial charge in [-0.25, -0.2) is 4.98 Å². The highest BCUT2D eigenvalue weighted by Gasteiger charge is 2.32. The average Bonchev–Trinajstić information content (AvgIpc) is 3.11. The molecule has 2 fully saturated rings. The van der Waals surface area contributed by atoms with E-state index in [0.717, 1.165) is 32.2 Å². The third-order valence-electron chi connectivity index (χ3n) is 4.20. The third kappa shape index (κ3) is 3.13. The van der Waals surface area contributed by atoms with E-state index in [9.17, 15) is 0 Å². The lowest BCUT2D eigenvalue weighted by molar-refractivity contribution is -0.0416. The maximum Gasteiger partial charge on any atom is 0.202 e. The highest BCUT2D eigenvalue weighted by Crippen LogP contribution is 2.22. The average molecular weight is 280 g/mol. The van der Waals surface area contributed by atoms with Gasteiger partial charge in [-0.15, -0.1) is 0 Å². The van der Waals surface area contributed by atoms with Crippen LogP contribution in [0.15, 0.2) is 12.4 Å². The van der Waals surface area contributed by atoms with Crippen molar-refractivity contribution >= 4 is 5.95 Å². The second kappa shape index (κ2) is 6.56. The molecule has 3 heterocycles. The third-order valence-corrected chi connectivity index (χ3v) is 4.20. The van der Waals surface area contributed by atoms with Crippen LogP contribution in [0.5, 0.6) is 0 Å². The number of hydrogen-bond donors (Lipinski definition) is 1. The van der Waals surface area contributed by atoms with Crippen molar-refractivity contribution in [2.24, 2.45) is 0 Å². The number of ether oxygens (including phenoxy) is 2. The summed E-state index contributed by atoms with van der Waals surface area (Å²) >= 11 is 0. The van der Waals surface area contributed by atoms with Crippen LogP contribution in [-0.4, -0.2) is 66.6 Å². The molecule has 0 bridgehead atoms. The summed E-state index contributed by atoms with van der Waals surface area (Å²) in [5.74, 6) is 0.897. The predicted octanol–water partition coefficient (Wildman–Crippen LogP) is 0.805. The molecular formula is C14H24N4O2.